The number of phenols is 1. The number of methoxy groups -OCH3 is 2. The molecule has 0 aliphatic carbocycles. The molecule has 2 aromatic carbocycles. The largest absolute Gasteiger partial charge is 0.504 e. The number of nitrogens with zero attached hydrogens (tertiary/aromatic N) is 1. The third kappa shape index (κ3) is 2.15. The first-order valence-corrected chi connectivity index (χ1v) is 7.50. The number of imidazole rings is 1. The highest BCUT2D eigenvalue weighted by Gasteiger charge is 2.25. The predicted molar refractivity (Wildman–Crippen MR) is 88.1 cm³/mol. The number of fused-ring (bicyclic) bond motifs is 2. The van der Waals surface area contributed by atoms with Gasteiger partial charge in [0, 0.05) is 12.0 Å². The van der Waals surface area contributed by atoms with Crippen LogP contribution in [0.5, 0.6) is 28.9 Å². The minimum Gasteiger partial charge on any atom is -0.504 e. The normalized spacial score (nSPS) is 12.1. The highest BCUT2D eigenvalue weighted by atomic mass is 16.5. The SMILES string of the molecule is COc1cccc(-c2nc3c([nH]2)Cc2cccc(OC)c2O3)c1O. The third-order valence-corrected chi connectivity index (χ3v) is 4.06. The average molecular weight is 324 g/mol. The van der Waals surface area contributed by atoms with Crippen molar-refractivity contribution in [3.05, 3.63) is 47.7 Å². The Balaban J connectivity index is 1.77. The molecule has 1 aliphatic rings. The van der Waals surface area contributed by atoms with Crippen molar-refractivity contribution >= 4 is 0 Å². The number of rotatable bonds is 3. The fourth-order valence-corrected chi connectivity index (χ4v) is 2.87. The number of aromatic hydroxyl groups is 1. The van der Waals surface area contributed by atoms with Crippen molar-refractivity contribution in [3.63, 3.8) is 0 Å². The molecular formula is C18H16N2O4. The monoisotopic (exact) mass is 324 g/mol. The van der Waals surface area contributed by atoms with E-state index in [1.807, 2.05) is 18.2 Å². The van der Waals surface area contributed by atoms with Crippen molar-refractivity contribution in [2.24, 2.45) is 0 Å². The van der Waals surface area contributed by atoms with Crippen molar-refractivity contribution < 1.29 is 19.3 Å². The van der Waals surface area contributed by atoms with Gasteiger partial charge in [-0.3, -0.25) is 0 Å². The van der Waals surface area contributed by atoms with E-state index in [4.69, 9.17) is 14.2 Å². The number of H-pyrrole nitrogens is 1. The first-order chi connectivity index (χ1) is 11.7. The van der Waals surface area contributed by atoms with E-state index in [1.165, 1.54) is 7.11 Å². The van der Waals surface area contributed by atoms with Gasteiger partial charge in [-0.25, -0.2) is 0 Å². The first-order valence-electron chi connectivity index (χ1n) is 7.50. The molecule has 0 amide bonds. The molecule has 1 aliphatic heterocycles. The Morgan fingerprint density at radius 1 is 1.08 bits per heavy atom. The van der Waals surface area contributed by atoms with Crippen LogP contribution in [0, 0.1) is 0 Å². The van der Waals surface area contributed by atoms with Gasteiger partial charge in [-0.2, -0.15) is 4.98 Å². The fourth-order valence-electron chi connectivity index (χ4n) is 2.87. The summed E-state index contributed by atoms with van der Waals surface area (Å²) < 4.78 is 16.4. The van der Waals surface area contributed by atoms with Crippen molar-refractivity contribution in [3.8, 4) is 40.3 Å². The summed E-state index contributed by atoms with van der Waals surface area (Å²) in [5.41, 5.74) is 2.43. The zero-order chi connectivity index (χ0) is 16.7. The third-order valence-electron chi connectivity index (χ3n) is 4.06. The van der Waals surface area contributed by atoms with Gasteiger partial charge in [-0.05, 0) is 18.2 Å². The topological polar surface area (TPSA) is 76.6 Å². The minimum atomic E-state index is 0.0428. The number of ether oxygens (including phenoxy) is 3. The lowest BCUT2D eigenvalue weighted by Crippen LogP contribution is -2.04. The minimum absolute atomic E-state index is 0.0428. The van der Waals surface area contributed by atoms with E-state index >= 15 is 0 Å². The van der Waals surface area contributed by atoms with Crippen LogP contribution < -0.4 is 14.2 Å². The maximum absolute atomic E-state index is 10.3. The molecule has 2 heterocycles. The molecule has 4 rings (SSSR count). The summed E-state index contributed by atoms with van der Waals surface area (Å²) in [5, 5.41) is 10.3. The quantitative estimate of drug-likeness (QED) is 0.603. The number of hydrogen-bond donors (Lipinski definition) is 2. The number of benzene rings is 2. The Bertz CT molecular complexity index is 917. The Labute approximate surface area is 138 Å². The summed E-state index contributed by atoms with van der Waals surface area (Å²) in [6, 6.07) is 11.0. The van der Waals surface area contributed by atoms with Gasteiger partial charge in [-0.15, -0.1) is 0 Å². The zero-order valence-electron chi connectivity index (χ0n) is 13.3. The summed E-state index contributed by atoms with van der Waals surface area (Å²) >= 11 is 0. The van der Waals surface area contributed by atoms with E-state index < -0.39 is 0 Å². The molecule has 0 unspecified atom stereocenters. The highest BCUT2D eigenvalue weighted by Crippen LogP contribution is 2.43. The van der Waals surface area contributed by atoms with E-state index in [9.17, 15) is 5.11 Å². The summed E-state index contributed by atoms with van der Waals surface area (Å²) in [6.45, 7) is 0. The van der Waals surface area contributed by atoms with Gasteiger partial charge in [0.1, 0.15) is 5.82 Å². The Morgan fingerprint density at radius 2 is 1.83 bits per heavy atom. The van der Waals surface area contributed by atoms with Gasteiger partial charge < -0.3 is 24.3 Å². The van der Waals surface area contributed by atoms with Crippen molar-refractivity contribution in [2.45, 2.75) is 6.42 Å². The van der Waals surface area contributed by atoms with Crippen LogP contribution in [0.15, 0.2) is 36.4 Å². The predicted octanol–water partition coefficient (Wildman–Crippen LogP) is 3.50. The van der Waals surface area contributed by atoms with Crippen LogP contribution >= 0.6 is 0 Å². The summed E-state index contributed by atoms with van der Waals surface area (Å²) in [5.74, 6) is 2.81. The van der Waals surface area contributed by atoms with Gasteiger partial charge >= 0.3 is 0 Å². The molecule has 0 saturated heterocycles. The number of hydrogen-bond acceptors (Lipinski definition) is 5. The van der Waals surface area contributed by atoms with Crippen LogP contribution in [0.3, 0.4) is 0 Å². The number of nitrogens with one attached hydrogen (secondary N) is 1. The van der Waals surface area contributed by atoms with Crippen molar-refractivity contribution in [1.29, 1.82) is 0 Å². The molecule has 6 heteroatoms. The molecule has 0 bridgehead atoms. The second-order valence-electron chi connectivity index (χ2n) is 5.45. The molecule has 1 aromatic heterocycles. The lowest BCUT2D eigenvalue weighted by Gasteiger charge is -2.17. The van der Waals surface area contributed by atoms with E-state index in [1.54, 1.807) is 25.3 Å². The Morgan fingerprint density at radius 3 is 2.62 bits per heavy atom. The number of aromatic nitrogens is 2. The van der Waals surface area contributed by atoms with Gasteiger partial charge in [0.2, 0.25) is 5.88 Å². The van der Waals surface area contributed by atoms with Gasteiger partial charge in [-0.1, -0.05) is 18.2 Å². The fraction of sp³-hybridized carbons (Fsp3) is 0.167. The van der Waals surface area contributed by atoms with Crippen LogP contribution in [-0.2, 0) is 6.42 Å². The molecule has 2 N–H and O–H groups in total. The number of phenolic OH excluding ortho intramolecular Hbond substituents is 1. The van der Waals surface area contributed by atoms with Gasteiger partial charge in [0.25, 0.3) is 0 Å². The summed E-state index contributed by atoms with van der Waals surface area (Å²) in [6.07, 6.45) is 0.652. The maximum atomic E-state index is 10.3. The zero-order valence-corrected chi connectivity index (χ0v) is 13.3. The van der Waals surface area contributed by atoms with Crippen LogP contribution in [0.1, 0.15) is 11.3 Å². The van der Waals surface area contributed by atoms with E-state index in [-0.39, 0.29) is 5.75 Å². The van der Waals surface area contributed by atoms with Gasteiger partial charge in [0.15, 0.2) is 23.0 Å². The average Bonchev–Trinajstić information content (AvgIpc) is 3.02. The summed E-state index contributed by atoms with van der Waals surface area (Å²) in [7, 11) is 3.12. The standard InChI is InChI=1S/C18H16N2O4/c1-22-13-7-4-6-11(15(13)21)17-19-12-9-10-5-3-8-14(23-2)16(10)24-18(12)20-17/h3-8,21H,9H2,1-2H3,(H,19,20). The lowest BCUT2D eigenvalue weighted by atomic mass is 10.1. The molecule has 122 valence electrons. The smallest absolute Gasteiger partial charge is 0.241 e. The van der Waals surface area contributed by atoms with Crippen LogP contribution in [0.25, 0.3) is 11.4 Å². The second kappa shape index (κ2) is 5.49. The molecule has 3 aromatic rings. The van der Waals surface area contributed by atoms with Crippen molar-refractivity contribution in [2.75, 3.05) is 14.2 Å². The Kier molecular flexibility index (Phi) is 3.30. The molecule has 0 saturated carbocycles. The number of aromatic amines is 1. The van der Waals surface area contributed by atoms with E-state index in [0.717, 1.165) is 11.3 Å². The van der Waals surface area contributed by atoms with E-state index in [2.05, 4.69) is 9.97 Å². The molecule has 0 radical (unpaired) electrons. The lowest BCUT2D eigenvalue weighted by molar-refractivity contribution is 0.366. The maximum Gasteiger partial charge on any atom is 0.241 e. The molecule has 0 spiro atoms. The first kappa shape index (κ1) is 14.4. The number of para-hydroxylation sites is 2. The van der Waals surface area contributed by atoms with Crippen LogP contribution in [0.2, 0.25) is 0 Å². The summed E-state index contributed by atoms with van der Waals surface area (Å²) in [4.78, 5) is 7.71. The highest BCUT2D eigenvalue weighted by molar-refractivity contribution is 5.69. The molecular weight excluding hydrogens is 308 g/mol. The van der Waals surface area contributed by atoms with Gasteiger partial charge in [0.05, 0.1) is 25.5 Å². The molecule has 6 nitrogen and oxygen atoms in total. The van der Waals surface area contributed by atoms with Crippen LogP contribution in [-0.4, -0.2) is 29.3 Å². The van der Waals surface area contributed by atoms with Crippen molar-refractivity contribution in [1.82, 2.24) is 9.97 Å². The van der Waals surface area contributed by atoms with Crippen LogP contribution in [0.4, 0.5) is 0 Å². The second-order valence-corrected chi connectivity index (χ2v) is 5.45. The molecule has 24 heavy (non-hydrogen) atoms. The molecule has 0 fully saturated rings. The van der Waals surface area contributed by atoms with E-state index in [0.29, 0.717) is 40.9 Å². The Hall–Kier alpha value is -3.15. The molecule has 0 atom stereocenters.